The third-order valence-electron chi connectivity index (χ3n) is 0.380. The molecule has 0 unspecified atom stereocenters. The van der Waals surface area contributed by atoms with E-state index < -0.39 is 13.1 Å². The van der Waals surface area contributed by atoms with Gasteiger partial charge in [0.1, 0.15) is 0 Å². The minimum Gasteiger partial charge on any atom is -0.355 e. The van der Waals surface area contributed by atoms with E-state index in [1.165, 1.54) is 0 Å². The molecule has 0 aromatic heterocycles. The fourth-order valence-corrected chi connectivity index (χ4v) is 10.7. The lowest BCUT2D eigenvalue weighted by atomic mass is 11.8. The molecule has 0 aromatic carbocycles. The molecular weight excluding hydrogens is 287 g/mol. The maximum absolute atomic E-state index is 10.9. The maximum Gasteiger partial charge on any atom is 0.319 e. The lowest BCUT2D eigenvalue weighted by molar-refractivity contribution is 0.518. The molecule has 0 saturated carbocycles. The van der Waals surface area contributed by atoms with E-state index in [1.54, 1.807) is 0 Å². The molecule has 0 aliphatic carbocycles. The summed E-state index contributed by atoms with van der Waals surface area (Å²) in [5.74, 6) is 0. The molecule has 0 aliphatic heterocycles. The lowest BCUT2D eigenvalue weighted by Crippen LogP contribution is -2.21. The van der Waals surface area contributed by atoms with Crippen LogP contribution in [0, 0.1) is 0 Å². The van der Waals surface area contributed by atoms with Gasteiger partial charge in [0.05, 0.1) is 0 Å². The number of hydrogen-bond acceptors (Lipinski definition) is 2. The Kier molecular flexibility index (Phi) is 3.66. The first kappa shape index (κ1) is 10.4. The highest BCUT2D eigenvalue weighted by atomic mass is 79.9. The van der Waals surface area contributed by atoms with Crippen LogP contribution in [0.5, 0.6) is 0 Å². The Balaban J connectivity index is 3.90. The standard InChI is InChI=1S/C3H9Br2O2PSi/c1-9(2,3)7-8(4,5)6/h1-3H3. The third kappa shape index (κ3) is 9.37. The molecule has 0 amide bonds. The van der Waals surface area contributed by atoms with Gasteiger partial charge in [0.15, 0.2) is 8.32 Å². The van der Waals surface area contributed by atoms with Crippen molar-refractivity contribution >= 4 is 44.1 Å². The van der Waals surface area contributed by atoms with E-state index in [4.69, 9.17) is 4.21 Å². The second kappa shape index (κ2) is 3.18. The number of rotatable bonds is 2. The van der Waals surface area contributed by atoms with Gasteiger partial charge in [-0.1, -0.05) is 0 Å². The predicted octanol–water partition coefficient (Wildman–Crippen LogP) is 3.74. The first-order chi connectivity index (χ1) is 3.71. The van der Waals surface area contributed by atoms with Crippen LogP contribution in [0.15, 0.2) is 0 Å². The zero-order valence-electron chi connectivity index (χ0n) is 5.52. The van der Waals surface area contributed by atoms with Gasteiger partial charge in [-0.15, -0.1) is 0 Å². The summed E-state index contributed by atoms with van der Waals surface area (Å²) in [5.41, 5.74) is 0. The summed E-state index contributed by atoms with van der Waals surface area (Å²) in [4.78, 5) is 0. The highest BCUT2D eigenvalue weighted by Crippen LogP contribution is 2.63. The zero-order valence-corrected chi connectivity index (χ0v) is 10.6. The summed E-state index contributed by atoms with van der Waals surface area (Å²) in [6.45, 7) is 5.92. The van der Waals surface area contributed by atoms with Crippen molar-refractivity contribution in [2.45, 2.75) is 19.6 Å². The fraction of sp³-hybridized carbons (Fsp3) is 1.00. The van der Waals surface area contributed by atoms with Gasteiger partial charge in [0.25, 0.3) is 0 Å². The molecule has 6 heteroatoms. The highest BCUT2D eigenvalue weighted by molar-refractivity contribution is 9.70. The Bertz CT molecular complexity index is 137. The van der Waals surface area contributed by atoms with Crippen molar-refractivity contribution in [2.75, 3.05) is 0 Å². The van der Waals surface area contributed by atoms with Gasteiger partial charge in [-0.05, 0) is 19.6 Å². The second-order valence-electron chi connectivity index (χ2n) is 2.62. The first-order valence-corrected chi connectivity index (χ1v) is 11.5. The Hall–Kier alpha value is 1.37. The molecule has 0 atom stereocenters. The summed E-state index contributed by atoms with van der Waals surface area (Å²) in [5, 5.41) is 0. The maximum atomic E-state index is 10.9. The smallest absolute Gasteiger partial charge is 0.319 e. The van der Waals surface area contributed by atoms with Gasteiger partial charge < -0.3 is 4.21 Å². The van der Waals surface area contributed by atoms with Crippen molar-refractivity contribution in [2.24, 2.45) is 0 Å². The Morgan fingerprint density at radius 1 is 1.33 bits per heavy atom. The third-order valence-corrected chi connectivity index (χ3v) is 6.03. The normalized spacial score (nSPS) is 13.9. The van der Waals surface area contributed by atoms with Crippen LogP contribution in [-0.2, 0) is 8.78 Å². The molecule has 0 aromatic rings. The van der Waals surface area contributed by atoms with Crippen molar-refractivity contribution in [1.82, 2.24) is 0 Å². The molecule has 2 nitrogen and oxygen atoms in total. The average molecular weight is 296 g/mol. The second-order valence-corrected chi connectivity index (χ2v) is 16.9. The summed E-state index contributed by atoms with van der Waals surface area (Å²) in [6.07, 6.45) is 0. The SMILES string of the molecule is C[Si](C)(C)OP(=O)(Br)Br. The van der Waals surface area contributed by atoms with Gasteiger partial charge in [0.2, 0.25) is 0 Å². The van der Waals surface area contributed by atoms with Crippen LogP contribution in [-0.4, -0.2) is 8.32 Å². The molecule has 0 N–H and O–H groups in total. The van der Waals surface area contributed by atoms with Crippen LogP contribution < -0.4 is 0 Å². The molecule has 0 radical (unpaired) electrons. The molecule has 0 heterocycles. The molecule has 0 spiro atoms. The van der Waals surface area contributed by atoms with Gasteiger partial charge >= 0.3 is 4.77 Å². The van der Waals surface area contributed by atoms with E-state index in [1.807, 2.05) is 19.6 Å². The molecule has 0 bridgehead atoms. The van der Waals surface area contributed by atoms with E-state index in [0.29, 0.717) is 0 Å². The minimum atomic E-state index is -2.60. The molecule has 0 rings (SSSR count). The quantitative estimate of drug-likeness (QED) is 0.573. The van der Waals surface area contributed by atoms with Crippen molar-refractivity contribution < 1.29 is 8.78 Å². The number of halogens is 2. The van der Waals surface area contributed by atoms with E-state index in [-0.39, 0.29) is 0 Å². The van der Waals surface area contributed by atoms with Crippen LogP contribution in [0.4, 0.5) is 0 Å². The predicted molar refractivity (Wildman–Crippen MR) is 49.9 cm³/mol. The van der Waals surface area contributed by atoms with Gasteiger partial charge in [-0.3, -0.25) is 4.57 Å². The molecule has 0 fully saturated rings. The van der Waals surface area contributed by atoms with Gasteiger partial charge in [0, 0.05) is 31.0 Å². The van der Waals surface area contributed by atoms with Crippen LogP contribution in [0.2, 0.25) is 19.6 Å². The van der Waals surface area contributed by atoms with Crippen LogP contribution in [0.25, 0.3) is 0 Å². The minimum absolute atomic E-state index is 1.65. The van der Waals surface area contributed by atoms with Crippen LogP contribution in [0.3, 0.4) is 0 Å². The largest absolute Gasteiger partial charge is 0.355 e. The zero-order chi connectivity index (χ0) is 7.71. The van der Waals surface area contributed by atoms with E-state index in [0.717, 1.165) is 0 Å². The number of hydrogen-bond donors (Lipinski definition) is 0. The van der Waals surface area contributed by atoms with E-state index in [2.05, 4.69) is 31.0 Å². The summed E-state index contributed by atoms with van der Waals surface area (Å²) in [6, 6.07) is 0. The molecule has 9 heavy (non-hydrogen) atoms. The molecular formula is C3H9Br2O2PSi. The van der Waals surface area contributed by atoms with E-state index >= 15 is 0 Å². The molecule has 0 saturated heterocycles. The summed E-state index contributed by atoms with van der Waals surface area (Å²) < 4.78 is 13.4. The van der Waals surface area contributed by atoms with Gasteiger partial charge in [-0.25, -0.2) is 0 Å². The first-order valence-electron chi connectivity index (χ1n) is 2.41. The molecule has 0 aliphatic rings. The van der Waals surface area contributed by atoms with Gasteiger partial charge in [-0.2, -0.15) is 0 Å². The Morgan fingerprint density at radius 3 is 1.67 bits per heavy atom. The lowest BCUT2D eigenvalue weighted by Gasteiger charge is -2.17. The van der Waals surface area contributed by atoms with E-state index in [9.17, 15) is 4.57 Å². The van der Waals surface area contributed by atoms with Crippen molar-refractivity contribution in [3.8, 4) is 0 Å². The topological polar surface area (TPSA) is 26.3 Å². The highest BCUT2D eigenvalue weighted by Gasteiger charge is 2.24. The van der Waals surface area contributed by atoms with Crippen LogP contribution in [0.1, 0.15) is 0 Å². The fourth-order valence-electron chi connectivity index (χ4n) is 0.319. The van der Waals surface area contributed by atoms with Crippen molar-refractivity contribution in [3.63, 3.8) is 0 Å². The Labute approximate surface area is 72.4 Å². The Morgan fingerprint density at radius 2 is 1.67 bits per heavy atom. The average Bonchev–Trinajstić information content (AvgIpc) is 1.14. The van der Waals surface area contributed by atoms with Crippen molar-refractivity contribution in [1.29, 1.82) is 0 Å². The van der Waals surface area contributed by atoms with Crippen molar-refractivity contribution in [3.05, 3.63) is 0 Å². The summed E-state index contributed by atoms with van der Waals surface area (Å²) >= 11 is 5.80. The molecule has 56 valence electrons. The monoisotopic (exact) mass is 294 g/mol. The van der Waals surface area contributed by atoms with Crippen LogP contribution >= 0.6 is 35.8 Å². The summed E-state index contributed by atoms with van der Waals surface area (Å²) in [7, 11) is -1.65.